The highest BCUT2D eigenvalue weighted by atomic mass is 32.1. The number of rotatable bonds is 7. The number of methoxy groups -OCH3 is 1. The molecule has 4 aromatic rings. The largest absolute Gasteiger partial charge is 0.497 e. The molecule has 8 heteroatoms. The molecule has 0 bridgehead atoms. The number of hydrogen-bond acceptors (Lipinski definition) is 7. The Morgan fingerprint density at radius 2 is 2.03 bits per heavy atom. The lowest BCUT2D eigenvalue weighted by Crippen LogP contribution is -2.09. The highest BCUT2D eigenvalue weighted by Crippen LogP contribution is 2.28. The number of benzene rings is 1. The monoisotopic (exact) mass is 407 g/mol. The van der Waals surface area contributed by atoms with Crippen LogP contribution < -0.4 is 10.1 Å². The topological polar surface area (TPSA) is 85.1 Å². The number of anilines is 2. The van der Waals surface area contributed by atoms with Gasteiger partial charge in [0.2, 0.25) is 0 Å². The predicted molar refractivity (Wildman–Crippen MR) is 114 cm³/mol. The summed E-state index contributed by atoms with van der Waals surface area (Å²) in [6.45, 7) is 1.95. The van der Waals surface area contributed by atoms with Crippen LogP contribution in [0.4, 0.5) is 11.5 Å². The molecule has 0 fully saturated rings. The molecule has 0 unspecified atom stereocenters. The minimum atomic E-state index is 0.00956. The summed E-state index contributed by atoms with van der Waals surface area (Å²) in [4.78, 5) is 8.99. The van der Waals surface area contributed by atoms with Crippen molar-refractivity contribution in [3.8, 4) is 22.1 Å². The second-order valence-electron chi connectivity index (χ2n) is 6.42. The highest BCUT2D eigenvalue weighted by molar-refractivity contribution is 7.13. The lowest BCUT2D eigenvalue weighted by Gasteiger charge is -2.16. The van der Waals surface area contributed by atoms with Gasteiger partial charge in [0, 0.05) is 47.7 Å². The fraction of sp³-hybridized carbons (Fsp3) is 0.190. The molecule has 148 valence electrons. The van der Waals surface area contributed by atoms with Gasteiger partial charge >= 0.3 is 0 Å². The van der Waals surface area contributed by atoms with Crippen molar-refractivity contribution in [2.75, 3.05) is 19.0 Å². The maximum atomic E-state index is 9.66. The van der Waals surface area contributed by atoms with E-state index >= 15 is 0 Å². The van der Waals surface area contributed by atoms with Crippen LogP contribution in [0.2, 0.25) is 0 Å². The summed E-state index contributed by atoms with van der Waals surface area (Å²) in [5.41, 5.74) is 4.32. The molecular weight excluding hydrogens is 386 g/mol. The van der Waals surface area contributed by atoms with Gasteiger partial charge < -0.3 is 15.2 Å². The molecule has 3 heterocycles. The standard InChI is InChI=1S/C21H21N5O2S/c1-14-13-19(26-10-7-18(25-26)21-22-9-12-29-21)17(8-11-27)20(23-14)24-15-3-5-16(28-2)6-4-15/h3-7,9-10,12-13,27H,8,11H2,1-2H3,(H,23,24). The van der Waals surface area contributed by atoms with Gasteiger partial charge in [0.15, 0.2) is 0 Å². The zero-order valence-corrected chi connectivity index (χ0v) is 17.0. The first kappa shape index (κ1) is 19.1. The van der Waals surface area contributed by atoms with Gasteiger partial charge in [-0.3, -0.25) is 0 Å². The Morgan fingerprint density at radius 1 is 1.21 bits per heavy atom. The van der Waals surface area contributed by atoms with Crippen molar-refractivity contribution < 1.29 is 9.84 Å². The second kappa shape index (κ2) is 8.42. The van der Waals surface area contributed by atoms with Crippen LogP contribution in [-0.2, 0) is 6.42 Å². The minimum absolute atomic E-state index is 0.00956. The summed E-state index contributed by atoms with van der Waals surface area (Å²) < 4.78 is 7.03. The Bertz CT molecular complexity index is 1090. The van der Waals surface area contributed by atoms with Gasteiger partial charge in [-0.15, -0.1) is 11.3 Å². The molecular formula is C21H21N5O2S. The number of aliphatic hydroxyl groups excluding tert-OH is 1. The van der Waals surface area contributed by atoms with Crippen LogP contribution in [-0.4, -0.2) is 38.6 Å². The third kappa shape index (κ3) is 4.13. The van der Waals surface area contributed by atoms with Crippen molar-refractivity contribution in [3.05, 3.63) is 65.4 Å². The summed E-state index contributed by atoms with van der Waals surface area (Å²) in [7, 11) is 1.64. The Kier molecular flexibility index (Phi) is 5.55. The molecule has 0 spiro atoms. The van der Waals surface area contributed by atoms with Crippen LogP contribution >= 0.6 is 11.3 Å². The molecule has 0 aliphatic carbocycles. The summed E-state index contributed by atoms with van der Waals surface area (Å²) >= 11 is 1.55. The van der Waals surface area contributed by atoms with Crippen LogP contribution in [0, 0.1) is 6.92 Å². The number of aromatic nitrogens is 4. The maximum Gasteiger partial charge on any atom is 0.143 e. The summed E-state index contributed by atoms with van der Waals surface area (Å²) in [6.07, 6.45) is 4.13. The smallest absolute Gasteiger partial charge is 0.143 e. The summed E-state index contributed by atoms with van der Waals surface area (Å²) in [5.74, 6) is 1.49. The molecule has 0 aliphatic rings. The Morgan fingerprint density at radius 3 is 2.72 bits per heavy atom. The molecule has 4 rings (SSSR count). The van der Waals surface area contributed by atoms with E-state index in [0.29, 0.717) is 12.2 Å². The molecule has 0 amide bonds. The van der Waals surface area contributed by atoms with Crippen LogP contribution in [0.3, 0.4) is 0 Å². The number of nitrogens with zero attached hydrogens (tertiary/aromatic N) is 4. The molecule has 0 atom stereocenters. The van der Waals surface area contributed by atoms with Crippen molar-refractivity contribution in [2.24, 2.45) is 0 Å². The number of ether oxygens (including phenoxy) is 1. The van der Waals surface area contributed by atoms with Gasteiger partial charge in [-0.25, -0.2) is 14.6 Å². The quantitative estimate of drug-likeness (QED) is 0.482. The fourth-order valence-corrected chi connectivity index (χ4v) is 3.68. The third-order valence-corrected chi connectivity index (χ3v) is 5.23. The average molecular weight is 407 g/mol. The first-order valence-corrected chi connectivity index (χ1v) is 10.0. The first-order chi connectivity index (χ1) is 14.2. The fourth-order valence-electron chi connectivity index (χ4n) is 3.08. The van der Waals surface area contributed by atoms with Crippen LogP contribution in [0.5, 0.6) is 5.75 Å². The van der Waals surface area contributed by atoms with Crippen molar-refractivity contribution in [1.82, 2.24) is 19.7 Å². The number of thiazole rings is 1. The van der Waals surface area contributed by atoms with Crippen molar-refractivity contribution in [2.45, 2.75) is 13.3 Å². The number of aryl methyl sites for hydroxylation is 1. The predicted octanol–water partition coefficient (Wildman–Crippen LogP) is 3.99. The molecule has 0 saturated heterocycles. The first-order valence-electron chi connectivity index (χ1n) is 9.16. The molecule has 7 nitrogen and oxygen atoms in total. The van der Waals surface area contributed by atoms with Gasteiger partial charge in [-0.1, -0.05) is 0 Å². The Balaban J connectivity index is 1.73. The molecule has 0 saturated carbocycles. The molecule has 3 aromatic heterocycles. The van der Waals surface area contributed by atoms with Gasteiger partial charge in [0.05, 0.1) is 12.8 Å². The lowest BCUT2D eigenvalue weighted by molar-refractivity contribution is 0.299. The number of pyridine rings is 1. The number of aliphatic hydroxyl groups is 1. The molecule has 1 aromatic carbocycles. The maximum absolute atomic E-state index is 9.66. The normalized spacial score (nSPS) is 10.9. The Hall–Kier alpha value is -3.23. The summed E-state index contributed by atoms with van der Waals surface area (Å²) in [5, 5.41) is 20.5. The third-order valence-electron chi connectivity index (χ3n) is 4.43. The van der Waals surface area contributed by atoms with Crippen molar-refractivity contribution >= 4 is 22.8 Å². The molecule has 0 radical (unpaired) electrons. The second-order valence-corrected chi connectivity index (χ2v) is 7.31. The van der Waals surface area contributed by atoms with E-state index in [4.69, 9.17) is 4.74 Å². The van der Waals surface area contributed by atoms with Gasteiger partial charge in [-0.2, -0.15) is 5.10 Å². The van der Waals surface area contributed by atoms with E-state index in [2.05, 4.69) is 20.4 Å². The Labute approximate surface area is 172 Å². The zero-order valence-electron chi connectivity index (χ0n) is 16.2. The SMILES string of the molecule is COc1ccc(Nc2nc(C)cc(-n3ccc(-c4nccs4)n3)c2CCO)cc1. The molecule has 2 N–H and O–H groups in total. The van der Waals surface area contributed by atoms with E-state index in [-0.39, 0.29) is 6.61 Å². The van der Waals surface area contributed by atoms with E-state index in [9.17, 15) is 5.11 Å². The van der Waals surface area contributed by atoms with Gasteiger partial charge in [-0.05, 0) is 43.3 Å². The van der Waals surface area contributed by atoms with E-state index < -0.39 is 0 Å². The van der Waals surface area contributed by atoms with Crippen molar-refractivity contribution in [1.29, 1.82) is 0 Å². The zero-order chi connectivity index (χ0) is 20.2. The average Bonchev–Trinajstić information content (AvgIpc) is 3.42. The van der Waals surface area contributed by atoms with Crippen LogP contribution in [0.25, 0.3) is 16.4 Å². The minimum Gasteiger partial charge on any atom is -0.497 e. The summed E-state index contributed by atoms with van der Waals surface area (Å²) in [6, 6.07) is 11.5. The molecule has 29 heavy (non-hydrogen) atoms. The highest BCUT2D eigenvalue weighted by Gasteiger charge is 2.15. The van der Waals surface area contributed by atoms with Crippen LogP contribution in [0.1, 0.15) is 11.3 Å². The molecule has 0 aliphatic heterocycles. The lowest BCUT2D eigenvalue weighted by atomic mass is 10.1. The number of nitrogens with one attached hydrogen (secondary N) is 1. The van der Waals surface area contributed by atoms with E-state index in [1.54, 1.807) is 24.6 Å². The van der Waals surface area contributed by atoms with E-state index in [1.807, 2.05) is 59.6 Å². The van der Waals surface area contributed by atoms with E-state index in [1.165, 1.54) is 0 Å². The van der Waals surface area contributed by atoms with Gasteiger partial charge in [0.25, 0.3) is 0 Å². The number of hydrogen-bond donors (Lipinski definition) is 2. The van der Waals surface area contributed by atoms with Gasteiger partial charge in [0.1, 0.15) is 22.3 Å². The van der Waals surface area contributed by atoms with Crippen LogP contribution in [0.15, 0.2) is 54.2 Å². The van der Waals surface area contributed by atoms with Crippen molar-refractivity contribution in [3.63, 3.8) is 0 Å². The van der Waals surface area contributed by atoms with E-state index in [0.717, 1.165) is 39.1 Å².